The first-order chi connectivity index (χ1) is 9.16. The predicted octanol–water partition coefficient (Wildman–Crippen LogP) is -0.288. The van der Waals surface area contributed by atoms with Gasteiger partial charge in [-0.05, 0) is 44.0 Å². The summed E-state index contributed by atoms with van der Waals surface area (Å²) in [4.78, 5) is 22.8. The highest BCUT2D eigenvalue weighted by Crippen LogP contribution is 2.14. The Bertz CT molecular complexity index is 492. The van der Waals surface area contributed by atoms with Crippen LogP contribution in [0.4, 0.5) is 0 Å². The normalized spacial score (nSPS) is 16.2. The average Bonchev–Trinajstić information content (AvgIpc) is 2.41. The van der Waals surface area contributed by atoms with Gasteiger partial charge in [0.15, 0.2) is 12.4 Å². The van der Waals surface area contributed by atoms with Gasteiger partial charge in [-0.15, -0.1) is 0 Å². The topological polar surface area (TPSA) is 86.3 Å². The number of carbonyl (C=O) groups is 1. The Balaban J connectivity index is 2.06. The van der Waals surface area contributed by atoms with Gasteiger partial charge in [-0.3, -0.25) is 9.59 Å². The molecule has 0 saturated carbocycles. The highest BCUT2D eigenvalue weighted by molar-refractivity contribution is 5.75. The summed E-state index contributed by atoms with van der Waals surface area (Å²) in [5, 5.41) is 3.30. The molecule has 0 bridgehead atoms. The third-order valence-corrected chi connectivity index (χ3v) is 3.27. The molecule has 0 aliphatic carbocycles. The number of primary amides is 1. The second-order valence-electron chi connectivity index (χ2n) is 4.78. The molecule has 1 aromatic heterocycles. The zero-order chi connectivity index (χ0) is 13.7. The van der Waals surface area contributed by atoms with Crippen molar-refractivity contribution in [3.05, 3.63) is 28.7 Å². The van der Waals surface area contributed by atoms with E-state index in [1.54, 1.807) is 22.9 Å². The van der Waals surface area contributed by atoms with Gasteiger partial charge in [-0.25, -0.2) is 0 Å². The van der Waals surface area contributed by atoms with Crippen LogP contribution in [0.3, 0.4) is 0 Å². The van der Waals surface area contributed by atoms with Crippen LogP contribution in [0.25, 0.3) is 0 Å². The largest absolute Gasteiger partial charge is 0.478 e. The smallest absolute Gasteiger partial charge is 0.292 e. The molecule has 1 aliphatic heterocycles. The van der Waals surface area contributed by atoms with Crippen molar-refractivity contribution in [2.24, 2.45) is 11.7 Å². The zero-order valence-corrected chi connectivity index (χ0v) is 10.8. The Labute approximate surface area is 111 Å². The highest BCUT2D eigenvalue weighted by Gasteiger charge is 2.15. The van der Waals surface area contributed by atoms with Gasteiger partial charge in [0.2, 0.25) is 0 Å². The number of hydrogen-bond acceptors (Lipinski definition) is 4. The molecule has 1 saturated heterocycles. The molecule has 19 heavy (non-hydrogen) atoms. The fourth-order valence-electron chi connectivity index (χ4n) is 2.26. The van der Waals surface area contributed by atoms with E-state index in [2.05, 4.69) is 5.32 Å². The molecule has 0 radical (unpaired) electrons. The summed E-state index contributed by atoms with van der Waals surface area (Å²) in [6.07, 6.45) is 3.89. The summed E-state index contributed by atoms with van der Waals surface area (Å²) in [6, 6.07) is 3.31. The van der Waals surface area contributed by atoms with Crippen molar-refractivity contribution in [1.82, 2.24) is 9.88 Å². The number of ether oxygens (including phenoxy) is 1. The van der Waals surface area contributed by atoms with Crippen molar-refractivity contribution in [2.45, 2.75) is 19.4 Å². The van der Waals surface area contributed by atoms with E-state index in [1.165, 1.54) is 0 Å². The lowest BCUT2D eigenvalue weighted by atomic mass is 9.98. The van der Waals surface area contributed by atoms with Crippen LogP contribution in [0.2, 0.25) is 0 Å². The number of nitrogens with one attached hydrogen (secondary N) is 1. The second-order valence-corrected chi connectivity index (χ2v) is 4.78. The van der Waals surface area contributed by atoms with Crippen LogP contribution in [0.1, 0.15) is 12.8 Å². The Morgan fingerprint density at radius 1 is 1.47 bits per heavy atom. The lowest BCUT2D eigenvalue weighted by Gasteiger charge is -2.23. The first-order valence-corrected chi connectivity index (χ1v) is 6.48. The molecule has 2 rings (SSSR count). The van der Waals surface area contributed by atoms with Crippen LogP contribution >= 0.6 is 0 Å². The molecule has 1 fully saturated rings. The Morgan fingerprint density at radius 3 is 2.89 bits per heavy atom. The van der Waals surface area contributed by atoms with E-state index in [9.17, 15) is 9.59 Å². The van der Waals surface area contributed by atoms with Crippen LogP contribution in [0, 0.1) is 5.92 Å². The number of nitrogens with two attached hydrogens (primary N) is 1. The molecule has 6 nitrogen and oxygen atoms in total. The fourth-order valence-corrected chi connectivity index (χ4v) is 2.26. The van der Waals surface area contributed by atoms with Crippen LogP contribution in [0.5, 0.6) is 5.75 Å². The SMILES string of the molecule is NC(=O)COc1cccn(CC2CCNCC2)c1=O. The van der Waals surface area contributed by atoms with E-state index >= 15 is 0 Å². The van der Waals surface area contributed by atoms with Gasteiger partial charge in [-0.1, -0.05) is 0 Å². The first kappa shape index (κ1) is 13.6. The Morgan fingerprint density at radius 2 is 2.21 bits per heavy atom. The van der Waals surface area contributed by atoms with E-state index in [-0.39, 0.29) is 17.9 Å². The molecule has 3 N–H and O–H groups in total. The molecule has 1 amide bonds. The van der Waals surface area contributed by atoms with Gasteiger partial charge in [0.25, 0.3) is 11.5 Å². The van der Waals surface area contributed by atoms with Crippen molar-refractivity contribution in [3.8, 4) is 5.75 Å². The fraction of sp³-hybridized carbons (Fsp3) is 0.538. The monoisotopic (exact) mass is 265 g/mol. The minimum Gasteiger partial charge on any atom is -0.478 e. The van der Waals surface area contributed by atoms with Crippen molar-refractivity contribution < 1.29 is 9.53 Å². The maximum absolute atomic E-state index is 12.1. The van der Waals surface area contributed by atoms with Crippen molar-refractivity contribution in [3.63, 3.8) is 0 Å². The van der Waals surface area contributed by atoms with E-state index in [4.69, 9.17) is 10.5 Å². The minimum absolute atomic E-state index is 0.176. The highest BCUT2D eigenvalue weighted by atomic mass is 16.5. The number of hydrogen-bond donors (Lipinski definition) is 2. The third-order valence-electron chi connectivity index (χ3n) is 3.27. The van der Waals surface area contributed by atoms with Gasteiger partial charge in [-0.2, -0.15) is 0 Å². The molecule has 0 atom stereocenters. The maximum atomic E-state index is 12.1. The summed E-state index contributed by atoms with van der Waals surface area (Å²) in [5.41, 5.74) is 4.79. The van der Waals surface area contributed by atoms with Crippen LogP contribution < -0.4 is 21.3 Å². The lowest BCUT2D eigenvalue weighted by Crippen LogP contribution is -2.33. The number of piperidine rings is 1. The van der Waals surface area contributed by atoms with Crippen LogP contribution in [0.15, 0.2) is 23.1 Å². The molecule has 104 valence electrons. The van der Waals surface area contributed by atoms with E-state index in [1.807, 2.05) is 0 Å². The standard InChI is InChI=1S/C13H19N3O3/c14-12(17)9-19-11-2-1-7-16(13(11)18)8-10-3-5-15-6-4-10/h1-2,7,10,15H,3-6,8-9H2,(H2,14,17). The molecule has 0 unspecified atom stereocenters. The van der Waals surface area contributed by atoms with Gasteiger partial charge in [0, 0.05) is 12.7 Å². The summed E-state index contributed by atoms with van der Waals surface area (Å²) < 4.78 is 6.75. The molecular formula is C13H19N3O3. The maximum Gasteiger partial charge on any atom is 0.292 e. The number of amides is 1. The summed E-state index contributed by atoms with van der Waals surface area (Å²) in [5.74, 6) is 0.0914. The Kier molecular flexibility index (Phi) is 4.57. The summed E-state index contributed by atoms with van der Waals surface area (Å²) in [6.45, 7) is 2.41. The first-order valence-electron chi connectivity index (χ1n) is 6.48. The second kappa shape index (κ2) is 6.38. The molecule has 0 spiro atoms. The molecule has 2 heterocycles. The minimum atomic E-state index is -0.590. The number of aromatic nitrogens is 1. The van der Waals surface area contributed by atoms with Gasteiger partial charge in [0.05, 0.1) is 0 Å². The predicted molar refractivity (Wildman–Crippen MR) is 71.0 cm³/mol. The molecule has 1 aromatic rings. The quantitative estimate of drug-likeness (QED) is 0.766. The van der Waals surface area contributed by atoms with E-state index in [0.29, 0.717) is 12.5 Å². The number of nitrogens with zero attached hydrogens (tertiary/aromatic N) is 1. The number of rotatable bonds is 5. The van der Waals surface area contributed by atoms with Crippen molar-refractivity contribution in [1.29, 1.82) is 0 Å². The van der Waals surface area contributed by atoms with Gasteiger partial charge >= 0.3 is 0 Å². The number of pyridine rings is 1. The molecular weight excluding hydrogens is 246 g/mol. The lowest BCUT2D eigenvalue weighted by molar-refractivity contribution is -0.119. The molecule has 6 heteroatoms. The third kappa shape index (κ3) is 3.82. The van der Waals surface area contributed by atoms with Crippen molar-refractivity contribution in [2.75, 3.05) is 19.7 Å². The molecule has 0 aromatic carbocycles. The van der Waals surface area contributed by atoms with Crippen LogP contribution in [-0.4, -0.2) is 30.2 Å². The summed E-state index contributed by atoms with van der Waals surface area (Å²) >= 11 is 0. The van der Waals surface area contributed by atoms with Crippen molar-refractivity contribution >= 4 is 5.91 Å². The summed E-state index contributed by atoms with van der Waals surface area (Å²) in [7, 11) is 0. The number of carbonyl (C=O) groups excluding carboxylic acids is 1. The van der Waals surface area contributed by atoms with E-state index < -0.39 is 5.91 Å². The van der Waals surface area contributed by atoms with Crippen LogP contribution in [-0.2, 0) is 11.3 Å². The van der Waals surface area contributed by atoms with Gasteiger partial charge < -0.3 is 20.4 Å². The Hall–Kier alpha value is -1.82. The van der Waals surface area contributed by atoms with Gasteiger partial charge in [0.1, 0.15) is 0 Å². The molecule has 1 aliphatic rings. The zero-order valence-electron chi connectivity index (χ0n) is 10.8. The van der Waals surface area contributed by atoms with E-state index in [0.717, 1.165) is 25.9 Å². The average molecular weight is 265 g/mol.